The molecule has 2 aliphatic rings. The number of anilines is 1. The molecular formula is C42H57FN6O5S. The summed E-state index contributed by atoms with van der Waals surface area (Å²) in [5, 5.41) is 4.23. The second kappa shape index (κ2) is 17.6. The number of nitrogens with one attached hydrogen (secondary N) is 2. The number of halogens is 1. The van der Waals surface area contributed by atoms with Crippen LogP contribution >= 0.6 is 11.9 Å². The van der Waals surface area contributed by atoms with Gasteiger partial charge in [0.25, 0.3) is 5.91 Å². The molecule has 2 aromatic heterocycles. The van der Waals surface area contributed by atoms with Crippen molar-refractivity contribution in [2.75, 3.05) is 25.0 Å². The van der Waals surface area contributed by atoms with E-state index in [1.54, 1.807) is 17.0 Å². The Morgan fingerprint density at radius 2 is 1.65 bits per heavy atom. The van der Waals surface area contributed by atoms with Gasteiger partial charge in [0.05, 0.1) is 5.56 Å². The summed E-state index contributed by atoms with van der Waals surface area (Å²) in [5.41, 5.74) is 0.130. The summed E-state index contributed by atoms with van der Waals surface area (Å²) in [4.78, 5) is 51.4. The molecule has 2 saturated heterocycles. The van der Waals surface area contributed by atoms with Crippen molar-refractivity contribution >= 4 is 35.9 Å². The fraction of sp³-hybridized carbons (Fsp3) is 0.548. The minimum Gasteiger partial charge on any atom is -0.445 e. The number of piperidine rings is 1. The van der Waals surface area contributed by atoms with Crippen LogP contribution in [0.15, 0.2) is 65.7 Å². The Morgan fingerprint density at radius 1 is 0.945 bits per heavy atom. The van der Waals surface area contributed by atoms with Gasteiger partial charge in [0.15, 0.2) is 0 Å². The highest BCUT2D eigenvalue weighted by Gasteiger charge is 2.43. The molecule has 0 aliphatic carbocycles. The number of carbonyl (C=O) groups is 3. The molecule has 3 amide bonds. The van der Waals surface area contributed by atoms with E-state index in [0.29, 0.717) is 36.2 Å². The Bertz CT molecular complexity index is 1790. The first kappa shape index (κ1) is 41.8. The van der Waals surface area contributed by atoms with E-state index in [1.807, 2.05) is 88.9 Å². The van der Waals surface area contributed by atoms with Crippen molar-refractivity contribution < 1.29 is 28.2 Å². The van der Waals surface area contributed by atoms with Crippen LogP contribution in [0.25, 0.3) is 0 Å². The van der Waals surface area contributed by atoms with Gasteiger partial charge in [0, 0.05) is 54.3 Å². The number of benzene rings is 1. The summed E-state index contributed by atoms with van der Waals surface area (Å²) in [6.45, 7) is 17.7. The molecule has 2 atom stereocenters. The van der Waals surface area contributed by atoms with Gasteiger partial charge in [-0.25, -0.2) is 19.6 Å². The van der Waals surface area contributed by atoms with Crippen LogP contribution in [0.2, 0.25) is 0 Å². The van der Waals surface area contributed by atoms with E-state index in [4.69, 9.17) is 14.5 Å². The first-order valence-electron chi connectivity index (χ1n) is 19.2. The Labute approximate surface area is 329 Å². The normalized spacial score (nSPS) is 18.1. The largest absolute Gasteiger partial charge is 0.445 e. The van der Waals surface area contributed by atoms with Crippen LogP contribution in [-0.4, -0.2) is 74.7 Å². The number of pyridine rings is 2. The van der Waals surface area contributed by atoms with Gasteiger partial charge in [-0.3, -0.25) is 9.52 Å². The predicted octanol–water partition coefficient (Wildman–Crippen LogP) is 9.00. The van der Waals surface area contributed by atoms with Gasteiger partial charge in [0.2, 0.25) is 5.95 Å². The van der Waals surface area contributed by atoms with Crippen molar-refractivity contribution in [1.29, 1.82) is 0 Å². The fourth-order valence-corrected chi connectivity index (χ4v) is 7.87. The Balaban J connectivity index is 1.24. The minimum absolute atomic E-state index is 0.0324. The van der Waals surface area contributed by atoms with E-state index in [1.165, 1.54) is 6.07 Å². The van der Waals surface area contributed by atoms with Crippen LogP contribution in [0.1, 0.15) is 109 Å². The van der Waals surface area contributed by atoms with Crippen molar-refractivity contribution in [1.82, 2.24) is 24.5 Å². The molecule has 11 nitrogen and oxygen atoms in total. The van der Waals surface area contributed by atoms with Gasteiger partial charge in [-0.2, -0.15) is 4.39 Å². The summed E-state index contributed by atoms with van der Waals surface area (Å²) < 4.78 is 28.9. The zero-order chi connectivity index (χ0) is 40.0. The number of likely N-dealkylation sites (tertiary alicyclic amines) is 2. The van der Waals surface area contributed by atoms with Crippen LogP contribution in [0.3, 0.4) is 0 Å². The van der Waals surface area contributed by atoms with Crippen LogP contribution in [0.5, 0.6) is 0 Å². The minimum atomic E-state index is -0.813. The molecular weight excluding hydrogens is 720 g/mol. The molecule has 0 saturated carbocycles. The molecule has 2 N–H and O–H groups in total. The molecule has 2 fully saturated rings. The Morgan fingerprint density at radius 3 is 2.31 bits per heavy atom. The maximum absolute atomic E-state index is 14.8. The van der Waals surface area contributed by atoms with E-state index in [0.717, 1.165) is 49.6 Å². The molecule has 4 heterocycles. The monoisotopic (exact) mass is 776 g/mol. The topological polar surface area (TPSA) is 126 Å². The molecule has 0 radical (unpaired) electrons. The summed E-state index contributed by atoms with van der Waals surface area (Å²) in [6, 6.07) is 18.4. The molecule has 3 aromatic rings. The van der Waals surface area contributed by atoms with Crippen LogP contribution < -0.4 is 10.0 Å². The standard InChI is InChI=1S/C42H57FN6O5S/c1-40(2,3)33-20-18-31(36(43)45-33)37(50)47-55-35-16-12-15-34(46-35)44-32(19-17-29-25-42(7,8)49(26-29)39(52)54-41(4,5)6)30-21-23-48(24-22-30)38(51)53-27-28-13-10-9-11-14-28/h9-16,18,20,29-30,32H,17,19,21-27H2,1-8H3,(H,44,46)(H,47,50). The smallest absolute Gasteiger partial charge is 0.410 e. The molecule has 0 spiro atoms. The second-order valence-electron chi connectivity index (χ2n) is 17.3. The van der Waals surface area contributed by atoms with Gasteiger partial charge in [-0.15, -0.1) is 0 Å². The first-order valence-corrected chi connectivity index (χ1v) is 20.0. The number of hydrogen-bond acceptors (Lipinski definition) is 9. The van der Waals surface area contributed by atoms with Crippen molar-refractivity contribution in [3.05, 3.63) is 83.4 Å². The first-order chi connectivity index (χ1) is 25.9. The summed E-state index contributed by atoms with van der Waals surface area (Å²) in [7, 11) is 0. The molecule has 1 aromatic carbocycles. The highest BCUT2D eigenvalue weighted by atomic mass is 32.2. The van der Waals surface area contributed by atoms with Crippen molar-refractivity contribution in [3.63, 3.8) is 0 Å². The SMILES string of the molecule is CC(C)(C)OC(=O)N1CC(CCC(Nc2cccc(SNC(=O)c3ccc(C(C)(C)C)nc3F)n2)C2CCN(C(=O)OCc3ccccc3)CC2)CC1(C)C. The van der Waals surface area contributed by atoms with E-state index >= 15 is 0 Å². The quantitative estimate of drug-likeness (QED) is 0.145. The molecule has 55 heavy (non-hydrogen) atoms. The maximum Gasteiger partial charge on any atom is 0.410 e. The predicted molar refractivity (Wildman–Crippen MR) is 213 cm³/mol. The maximum atomic E-state index is 14.8. The number of nitrogens with zero attached hydrogens (tertiary/aromatic N) is 4. The average Bonchev–Trinajstić information content (AvgIpc) is 3.44. The number of rotatable bonds is 11. The molecule has 0 bridgehead atoms. The fourth-order valence-electron chi connectivity index (χ4n) is 7.27. The summed E-state index contributed by atoms with van der Waals surface area (Å²) >= 11 is 1.01. The highest BCUT2D eigenvalue weighted by Crippen LogP contribution is 2.38. The van der Waals surface area contributed by atoms with E-state index in [2.05, 4.69) is 28.9 Å². The molecule has 13 heteroatoms. The van der Waals surface area contributed by atoms with Gasteiger partial charge in [-0.05, 0) is 108 Å². The van der Waals surface area contributed by atoms with E-state index in [9.17, 15) is 18.8 Å². The summed E-state index contributed by atoms with van der Waals surface area (Å²) in [6.07, 6.45) is 3.57. The zero-order valence-electron chi connectivity index (χ0n) is 33.5. The second-order valence-corrected chi connectivity index (χ2v) is 18.2. The zero-order valence-corrected chi connectivity index (χ0v) is 34.3. The van der Waals surface area contributed by atoms with E-state index < -0.39 is 17.5 Å². The van der Waals surface area contributed by atoms with Gasteiger partial charge < -0.3 is 24.6 Å². The van der Waals surface area contributed by atoms with Crippen LogP contribution in [0, 0.1) is 17.8 Å². The Kier molecular flexibility index (Phi) is 13.4. The lowest BCUT2D eigenvalue weighted by Gasteiger charge is -2.36. The van der Waals surface area contributed by atoms with Gasteiger partial charge in [-0.1, -0.05) is 57.2 Å². The molecule has 5 rings (SSSR count). The number of carbonyl (C=O) groups excluding carboxylic acids is 3. The third-order valence-electron chi connectivity index (χ3n) is 10.2. The lowest BCUT2D eigenvalue weighted by molar-refractivity contribution is 0.0130. The lowest BCUT2D eigenvalue weighted by Crippen LogP contribution is -2.45. The number of amides is 3. The van der Waals surface area contributed by atoms with Gasteiger partial charge >= 0.3 is 12.2 Å². The molecule has 2 aliphatic heterocycles. The van der Waals surface area contributed by atoms with Crippen LogP contribution in [0.4, 0.5) is 19.8 Å². The van der Waals surface area contributed by atoms with Gasteiger partial charge in [0.1, 0.15) is 23.1 Å². The summed E-state index contributed by atoms with van der Waals surface area (Å²) in [5.74, 6) is -0.218. The number of hydrogen-bond donors (Lipinski definition) is 2. The molecule has 298 valence electrons. The third kappa shape index (κ3) is 11.8. The third-order valence-corrected chi connectivity index (χ3v) is 10.9. The Hall–Kier alpha value is -4.39. The van der Waals surface area contributed by atoms with Crippen molar-refractivity contribution in [2.45, 2.75) is 122 Å². The molecule has 2 unspecified atom stereocenters. The van der Waals surface area contributed by atoms with Crippen LogP contribution in [-0.2, 0) is 21.5 Å². The highest BCUT2D eigenvalue weighted by molar-refractivity contribution is 7.97. The number of ether oxygens (including phenoxy) is 2. The van der Waals surface area contributed by atoms with Crippen molar-refractivity contribution in [3.8, 4) is 0 Å². The average molecular weight is 777 g/mol. The van der Waals surface area contributed by atoms with Crippen molar-refractivity contribution in [2.24, 2.45) is 11.8 Å². The van der Waals surface area contributed by atoms with E-state index in [-0.39, 0.29) is 53.2 Å². The lowest BCUT2D eigenvalue weighted by atomic mass is 9.84. The number of aromatic nitrogens is 2.